The van der Waals surface area contributed by atoms with E-state index in [9.17, 15) is 14.3 Å². The summed E-state index contributed by atoms with van der Waals surface area (Å²) in [7, 11) is 0. The largest absolute Gasteiger partial charge is 0.507 e. The van der Waals surface area contributed by atoms with Crippen LogP contribution in [0.1, 0.15) is 37.3 Å². The number of ether oxygens (including phenoxy) is 1. The Morgan fingerprint density at radius 3 is 2.76 bits per heavy atom. The van der Waals surface area contributed by atoms with Gasteiger partial charge in [-0.25, -0.2) is 9.82 Å². The first-order valence-electron chi connectivity index (χ1n) is 9.88. The van der Waals surface area contributed by atoms with Crippen LogP contribution < -0.4 is 15.1 Å². The average molecular weight is 400 g/mol. The van der Waals surface area contributed by atoms with Gasteiger partial charge < -0.3 is 14.7 Å². The van der Waals surface area contributed by atoms with Gasteiger partial charge in [0.15, 0.2) is 6.61 Å². The molecule has 1 amide bonds. The zero-order valence-electron chi connectivity index (χ0n) is 16.6. The molecule has 0 atom stereocenters. The van der Waals surface area contributed by atoms with Gasteiger partial charge in [-0.1, -0.05) is 6.07 Å². The maximum atomic E-state index is 13.1. The van der Waals surface area contributed by atoms with Gasteiger partial charge in [0.25, 0.3) is 5.91 Å². The predicted molar refractivity (Wildman–Crippen MR) is 109 cm³/mol. The highest BCUT2D eigenvalue weighted by molar-refractivity contribution is 5.99. The van der Waals surface area contributed by atoms with Gasteiger partial charge in [-0.2, -0.15) is 5.10 Å². The lowest BCUT2D eigenvalue weighted by Gasteiger charge is -2.24. The van der Waals surface area contributed by atoms with Crippen LogP contribution >= 0.6 is 0 Å². The molecule has 1 aliphatic rings. The van der Waals surface area contributed by atoms with Gasteiger partial charge in [-0.05, 0) is 62.1 Å². The molecule has 3 N–H and O–H groups in total. The fourth-order valence-electron chi connectivity index (χ4n) is 3.40. The van der Waals surface area contributed by atoms with Crippen LogP contribution in [0.2, 0.25) is 0 Å². The number of rotatable bonds is 7. The third-order valence-corrected chi connectivity index (χ3v) is 5.01. The molecular formula is C22H27FN3O3+. The fourth-order valence-corrected chi connectivity index (χ4v) is 3.40. The van der Waals surface area contributed by atoms with Crippen molar-refractivity contribution in [2.24, 2.45) is 5.10 Å². The quantitative estimate of drug-likeness (QED) is 0.492. The number of nitrogens with one attached hydrogen (secondary N) is 2. The van der Waals surface area contributed by atoms with Crippen LogP contribution in [-0.2, 0) is 11.3 Å². The second-order valence-corrected chi connectivity index (χ2v) is 7.31. The highest BCUT2D eigenvalue weighted by Gasteiger charge is 2.16. The highest BCUT2D eigenvalue weighted by atomic mass is 19.1. The molecule has 0 unspecified atom stereocenters. The average Bonchev–Trinajstić information content (AvgIpc) is 2.73. The van der Waals surface area contributed by atoms with Crippen molar-refractivity contribution in [3.8, 4) is 11.5 Å². The number of aromatic hydroxyl groups is 1. The van der Waals surface area contributed by atoms with Gasteiger partial charge in [0.2, 0.25) is 0 Å². The van der Waals surface area contributed by atoms with E-state index in [4.69, 9.17) is 4.74 Å². The summed E-state index contributed by atoms with van der Waals surface area (Å²) in [5, 5.41) is 14.3. The van der Waals surface area contributed by atoms with Crippen molar-refractivity contribution in [2.75, 3.05) is 19.7 Å². The van der Waals surface area contributed by atoms with Crippen LogP contribution in [0.15, 0.2) is 47.6 Å². The summed E-state index contributed by atoms with van der Waals surface area (Å²) < 4.78 is 18.4. The number of hydrazone groups is 1. The molecule has 7 heteroatoms. The van der Waals surface area contributed by atoms with E-state index in [1.807, 2.05) is 6.07 Å². The number of piperidine rings is 1. The van der Waals surface area contributed by atoms with Gasteiger partial charge >= 0.3 is 0 Å². The van der Waals surface area contributed by atoms with Crippen molar-refractivity contribution >= 4 is 11.6 Å². The van der Waals surface area contributed by atoms with Crippen LogP contribution in [0.5, 0.6) is 11.5 Å². The molecule has 3 rings (SSSR count). The third kappa shape index (κ3) is 6.29. The Morgan fingerprint density at radius 1 is 1.21 bits per heavy atom. The van der Waals surface area contributed by atoms with E-state index in [1.54, 1.807) is 25.1 Å². The molecule has 0 bridgehead atoms. The van der Waals surface area contributed by atoms with Gasteiger partial charge in [0, 0.05) is 11.6 Å². The maximum Gasteiger partial charge on any atom is 0.277 e. The molecule has 6 nitrogen and oxygen atoms in total. The number of phenolic OH excluding ortho intramolecular Hbond substituents is 1. The Labute approximate surface area is 170 Å². The lowest BCUT2D eigenvalue weighted by molar-refractivity contribution is -0.918. The van der Waals surface area contributed by atoms with Crippen LogP contribution in [0, 0.1) is 5.82 Å². The minimum Gasteiger partial charge on any atom is -0.507 e. The molecule has 0 spiro atoms. The number of hydrogen-bond donors (Lipinski definition) is 3. The first-order chi connectivity index (χ1) is 14.0. The summed E-state index contributed by atoms with van der Waals surface area (Å²) >= 11 is 0. The Kier molecular flexibility index (Phi) is 7.19. The number of nitrogens with zero attached hydrogens (tertiary/aromatic N) is 1. The maximum absolute atomic E-state index is 13.1. The monoisotopic (exact) mass is 400 g/mol. The van der Waals surface area contributed by atoms with E-state index in [2.05, 4.69) is 10.5 Å². The minimum atomic E-state index is -0.439. The number of benzene rings is 2. The smallest absolute Gasteiger partial charge is 0.277 e. The summed E-state index contributed by atoms with van der Waals surface area (Å²) in [5.41, 5.74) is 4.79. The van der Waals surface area contributed by atoms with Crippen LogP contribution in [-0.4, -0.2) is 36.4 Å². The highest BCUT2D eigenvalue weighted by Crippen LogP contribution is 2.18. The van der Waals surface area contributed by atoms with Crippen molar-refractivity contribution in [2.45, 2.75) is 32.7 Å². The molecule has 0 saturated carbocycles. The molecule has 0 radical (unpaired) electrons. The molecule has 0 aromatic heterocycles. The molecule has 0 aliphatic carbocycles. The molecule has 1 fully saturated rings. The molecule has 2 aromatic carbocycles. The van der Waals surface area contributed by atoms with Crippen molar-refractivity contribution in [3.63, 3.8) is 0 Å². The minimum absolute atomic E-state index is 0.265. The van der Waals surface area contributed by atoms with E-state index in [0.29, 0.717) is 5.71 Å². The number of amides is 1. The molecule has 154 valence electrons. The standard InChI is InChI=1S/C22H26FN3O3/c1-16(24-25-22(28)15-29-20-7-5-6-19(23)13-20)17-8-9-21(27)18(12-17)14-26-10-3-2-4-11-26/h5-9,12-13,27H,2-4,10-11,14-15H2,1H3,(H,25,28)/p+1/b24-16+. The van der Waals surface area contributed by atoms with Crippen molar-refractivity contribution in [1.82, 2.24) is 5.43 Å². The first kappa shape index (κ1) is 20.8. The fraction of sp³-hybridized carbons (Fsp3) is 0.364. The predicted octanol–water partition coefficient (Wildman–Crippen LogP) is 2.02. The van der Waals surface area contributed by atoms with Crippen LogP contribution in [0.3, 0.4) is 0 Å². The van der Waals surface area contributed by atoms with E-state index in [-0.39, 0.29) is 18.1 Å². The van der Waals surface area contributed by atoms with Crippen LogP contribution in [0.4, 0.5) is 4.39 Å². The summed E-state index contributed by atoms with van der Waals surface area (Å²) in [6.45, 7) is 4.55. The Bertz CT molecular complexity index is 879. The van der Waals surface area contributed by atoms with Crippen LogP contribution in [0.25, 0.3) is 0 Å². The summed E-state index contributed by atoms with van der Waals surface area (Å²) in [6.07, 6.45) is 3.73. The Balaban J connectivity index is 1.57. The van der Waals surface area contributed by atoms with Crippen molar-refractivity contribution < 1.29 is 23.9 Å². The SMILES string of the molecule is C/C(=N\NC(=O)COc1cccc(F)c1)c1ccc(O)c(C[NH+]2CCCCC2)c1. The molecule has 1 saturated heterocycles. The number of likely N-dealkylation sites (tertiary alicyclic amines) is 1. The Morgan fingerprint density at radius 2 is 2.00 bits per heavy atom. The lowest BCUT2D eigenvalue weighted by atomic mass is 10.0. The van der Waals surface area contributed by atoms with Gasteiger partial charge in [-0.3, -0.25) is 4.79 Å². The Hall–Kier alpha value is -2.93. The molecular weight excluding hydrogens is 373 g/mol. The van der Waals surface area contributed by atoms with E-state index in [0.717, 1.165) is 30.8 Å². The molecule has 2 aromatic rings. The van der Waals surface area contributed by atoms with Gasteiger partial charge in [-0.15, -0.1) is 0 Å². The molecule has 29 heavy (non-hydrogen) atoms. The number of carbonyl (C=O) groups excluding carboxylic acids is 1. The lowest BCUT2D eigenvalue weighted by Crippen LogP contribution is -3.11. The second-order valence-electron chi connectivity index (χ2n) is 7.31. The zero-order chi connectivity index (χ0) is 20.6. The number of phenols is 1. The van der Waals surface area contributed by atoms with E-state index in [1.165, 1.54) is 42.4 Å². The van der Waals surface area contributed by atoms with Crippen molar-refractivity contribution in [1.29, 1.82) is 0 Å². The number of hydrogen-bond acceptors (Lipinski definition) is 4. The molecule has 1 aliphatic heterocycles. The number of carbonyl (C=O) groups is 1. The van der Waals surface area contributed by atoms with E-state index >= 15 is 0 Å². The zero-order valence-corrected chi connectivity index (χ0v) is 16.6. The summed E-state index contributed by atoms with van der Waals surface area (Å²) in [6, 6.07) is 11.0. The number of quaternary nitrogens is 1. The van der Waals surface area contributed by atoms with E-state index < -0.39 is 11.7 Å². The second kappa shape index (κ2) is 10.0. The normalized spacial score (nSPS) is 15.2. The van der Waals surface area contributed by atoms with Crippen molar-refractivity contribution in [3.05, 3.63) is 59.4 Å². The van der Waals surface area contributed by atoms with Gasteiger partial charge in [0.1, 0.15) is 23.9 Å². The summed E-state index contributed by atoms with van der Waals surface area (Å²) in [4.78, 5) is 13.4. The summed E-state index contributed by atoms with van der Waals surface area (Å²) in [5.74, 6) is -0.298. The molecule has 1 heterocycles. The first-order valence-corrected chi connectivity index (χ1v) is 9.88. The van der Waals surface area contributed by atoms with Gasteiger partial charge in [0.05, 0.1) is 18.8 Å². The number of halogens is 1. The third-order valence-electron chi connectivity index (χ3n) is 5.01. The topological polar surface area (TPSA) is 75.4 Å².